The Labute approximate surface area is 345 Å². The standard InChI is InChI=1S/C43H59N3O13/c1-11-31-43(8)35(45-40(51)58-43)25(4)32(47)23(2)22-42(7,59-41(52)54-19-12-13-28-14-16-29(17-15-28)37-44-18-20-53-37)36(26(5)33(48)27(6)38(50)56-31)57-39-34(49)30(46(9)10)21-24(3)55-39/h12-18,20,23-27,30-31,34-36,39,49H,11,19,21-22H2,1-10H3,(H,45,51)/t23-,24-,25+,26+,27-,30+,31-,34-,35-,36-,39+,42-,43-/m1/s1. The highest BCUT2D eigenvalue weighted by molar-refractivity contribution is 6.00. The Bertz CT molecular complexity index is 1830. The fourth-order valence-corrected chi connectivity index (χ4v) is 8.71. The van der Waals surface area contributed by atoms with Gasteiger partial charge in [-0.2, -0.15) is 0 Å². The number of rotatable bonds is 9. The van der Waals surface area contributed by atoms with Gasteiger partial charge in [-0.1, -0.05) is 45.9 Å². The molecule has 3 aliphatic rings. The summed E-state index contributed by atoms with van der Waals surface area (Å²) in [4.78, 5) is 75.0. The van der Waals surface area contributed by atoms with Crippen molar-refractivity contribution in [1.82, 2.24) is 15.2 Å². The minimum absolute atomic E-state index is 0.190. The average Bonchev–Trinajstić information content (AvgIpc) is 3.84. The van der Waals surface area contributed by atoms with E-state index in [1.54, 1.807) is 46.0 Å². The third-order valence-electron chi connectivity index (χ3n) is 12.0. The van der Waals surface area contributed by atoms with Crippen LogP contribution < -0.4 is 5.32 Å². The minimum Gasteiger partial charge on any atom is -0.458 e. The highest BCUT2D eigenvalue weighted by Gasteiger charge is 2.57. The van der Waals surface area contributed by atoms with Crippen LogP contribution in [0.5, 0.6) is 0 Å². The van der Waals surface area contributed by atoms with Crippen molar-refractivity contribution >= 4 is 35.9 Å². The molecule has 3 fully saturated rings. The maximum absolute atomic E-state index is 14.4. The van der Waals surface area contributed by atoms with Gasteiger partial charge in [0.15, 0.2) is 17.7 Å². The number of fused-ring (bicyclic) bond motifs is 1. The summed E-state index contributed by atoms with van der Waals surface area (Å²) in [7, 11) is 3.63. The number of ketones is 2. The highest BCUT2D eigenvalue weighted by Crippen LogP contribution is 2.40. The van der Waals surface area contributed by atoms with Crippen molar-refractivity contribution < 1.29 is 61.9 Å². The molecule has 59 heavy (non-hydrogen) atoms. The zero-order chi connectivity index (χ0) is 43.4. The van der Waals surface area contributed by atoms with E-state index in [2.05, 4.69) is 10.3 Å². The van der Waals surface area contributed by atoms with Gasteiger partial charge in [-0.3, -0.25) is 14.4 Å². The molecule has 3 aliphatic heterocycles. The van der Waals surface area contributed by atoms with E-state index in [0.717, 1.165) is 11.1 Å². The molecule has 3 saturated heterocycles. The summed E-state index contributed by atoms with van der Waals surface area (Å²) < 4.78 is 41.3. The van der Waals surface area contributed by atoms with Crippen molar-refractivity contribution in [2.24, 2.45) is 23.7 Å². The fraction of sp³-hybridized carbons (Fsp3) is 0.628. The number of nitrogens with one attached hydrogen (secondary N) is 1. The summed E-state index contributed by atoms with van der Waals surface area (Å²) in [5, 5.41) is 14.3. The van der Waals surface area contributed by atoms with Gasteiger partial charge in [-0.15, -0.1) is 0 Å². The van der Waals surface area contributed by atoms with Crippen LogP contribution in [0.3, 0.4) is 0 Å². The molecule has 0 saturated carbocycles. The lowest BCUT2D eigenvalue weighted by molar-refractivity contribution is -0.293. The Morgan fingerprint density at radius 3 is 2.36 bits per heavy atom. The SMILES string of the molecule is CC[C@H]1OC(=O)[C@H](C)C(=O)[C@H](C)[C@@H](O[C@@H]2O[C@H](C)C[C@H](N(C)C)[C@H]2O)[C@](C)(OC(=O)OCC=Cc2ccc(-c3ncco3)cc2)C[C@@H](C)C(=O)[C@H](C)[C@H]2NC(=O)O[C@@]21C. The van der Waals surface area contributed by atoms with Crippen molar-refractivity contribution in [2.45, 2.75) is 129 Å². The Balaban J connectivity index is 1.49. The first-order chi connectivity index (χ1) is 27.8. The second-order valence-corrected chi connectivity index (χ2v) is 16.7. The van der Waals surface area contributed by atoms with Crippen molar-refractivity contribution in [3.8, 4) is 11.5 Å². The smallest absolute Gasteiger partial charge is 0.458 e. The number of amides is 1. The van der Waals surface area contributed by atoms with Crippen molar-refractivity contribution in [3.05, 3.63) is 48.4 Å². The zero-order valence-corrected chi connectivity index (χ0v) is 35.5. The number of aliphatic hydroxyl groups is 1. The number of carbonyl (C=O) groups is 5. The third-order valence-corrected chi connectivity index (χ3v) is 12.0. The minimum atomic E-state index is -1.81. The number of nitrogens with zero attached hydrogens (tertiary/aromatic N) is 2. The maximum Gasteiger partial charge on any atom is 0.509 e. The molecule has 16 heteroatoms. The van der Waals surface area contributed by atoms with Crippen LogP contribution in [0.2, 0.25) is 0 Å². The number of Topliss-reactive ketones (excluding diaryl/α,β-unsaturated/α-hetero) is 2. The Kier molecular flexibility index (Phi) is 14.4. The summed E-state index contributed by atoms with van der Waals surface area (Å²) in [5.74, 6) is -5.64. The van der Waals surface area contributed by atoms with Gasteiger partial charge in [-0.25, -0.2) is 14.6 Å². The number of oxazole rings is 1. The summed E-state index contributed by atoms with van der Waals surface area (Å²) in [6.45, 7) is 12.7. The molecule has 16 nitrogen and oxygen atoms in total. The van der Waals surface area contributed by atoms with Crippen molar-refractivity contribution in [3.63, 3.8) is 0 Å². The van der Waals surface area contributed by atoms with Crippen LogP contribution in [-0.4, -0.2) is 119 Å². The molecule has 1 aromatic carbocycles. The first-order valence-electron chi connectivity index (χ1n) is 20.2. The predicted octanol–water partition coefficient (Wildman–Crippen LogP) is 5.35. The monoisotopic (exact) mass is 825 g/mol. The predicted molar refractivity (Wildman–Crippen MR) is 212 cm³/mol. The molecule has 2 N–H and O–H groups in total. The van der Waals surface area contributed by atoms with Gasteiger partial charge in [0.2, 0.25) is 5.89 Å². The topological polar surface area (TPSA) is 202 Å². The number of esters is 1. The number of aromatic nitrogens is 1. The second-order valence-electron chi connectivity index (χ2n) is 16.7. The van der Waals surface area contributed by atoms with Gasteiger partial charge in [0.1, 0.15) is 48.5 Å². The summed E-state index contributed by atoms with van der Waals surface area (Å²) in [6, 6.07) is 6.06. The van der Waals surface area contributed by atoms with E-state index in [-0.39, 0.29) is 31.3 Å². The molecule has 0 spiro atoms. The number of cyclic esters (lactones) is 1. The number of ether oxygens (including phenoxy) is 6. The van der Waals surface area contributed by atoms with Gasteiger partial charge in [0.05, 0.1) is 18.3 Å². The molecule has 0 bridgehead atoms. The van der Waals surface area contributed by atoms with E-state index in [9.17, 15) is 29.1 Å². The molecule has 0 radical (unpaired) electrons. The Morgan fingerprint density at radius 2 is 1.73 bits per heavy atom. The normalized spacial score (nSPS) is 36.0. The van der Waals surface area contributed by atoms with Crippen LogP contribution in [-0.2, 0) is 42.8 Å². The number of likely N-dealkylation sites (N-methyl/N-ethyl adjacent to an activating group) is 1. The van der Waals surface area contributed by atoms with Crippen LogP contribution in [0.15, 0.2) is 47.2 Å². The van der Waals surface area contributed by atoms with E-state index >= 15 is 0 Å². The summed E-state index contributed by atoms with van der Waals surface area (Å²) in [5.41, 5.74) is -1.66. The molecule has 1 amide bonds. The van der Waals surface area contributed by atoms with E-state index in [1.807, 2.05) is 50.2 Å². The maximum atomic E-state index is 14.4. The van der Waals surface area contributed by atoms with Gasteiger partial charge in [0, 0.05) is 29.4 Å². The quantitative estimate of drug-likeness (QED) is 0.186. The fourth-order valence-electron chi connectivity index (χ4n) is 8.71. The second kappa shape index (κ2) is 18.7. The third kappa shape index (κ3) is 10.0. The van der Waals surface area contributed by atoms with Crippen molar-refractivity contribution in [2.75, 3.05) is 20.7 Å². The molecule has 13 atom stereocenters. The summed E-state index contributed by atoms with van der Waals surface area (Å²) >= 11 is 0. The summed E-state index contributed by atoms with van der Waals surface area (Å²) in [6.07, 6.45) is -0.241. The van der Waals surface area contributed by atoms with Crippen LogP contribution in [0.4, 0.5) is 9.59 Å². The number of hydrogen-bond donors (Lipinski definition) is 2. The number of benzene rings is 1. The Hall–Kier alpha value is -4.64. The average molecular weight is 826 g/mol. The zero-order valence-electron chi connectivity index (χ0n) is 35.5. The molecule has 324 valence electrons. The molecular formula is C43H59N3O13. The lowest BCUT2D eigenvalue weighted by Gasteiger charge is -2.46. The van der Waals surface area contributed by atoms with Gasteiger partial charge in [0.25, 0.3) is 0 Å². The number of carbonyl (C=O) groups excluding carboxylic acids is 5. The van der Waals surface area contributed by atoms with E-state index < -0.39 is 95.6 Å². The Morgan fingerprint density at radius 1 is 1.03 bits per heavy atom. The molecule has 5 rings (SSSR count). The van der Waals surface area contributed by atoms with Gasteiger partial charge in [-0.05, 0) is 84.8 Å². The molecule has 0 aliphatic carbocycles. The number of hydrogen-bond acceptors (Lipinski definition) is 15. The lowest BCUT2D eigenvalue weighted by Crippen LogP contribution is -2.60. The molecule has 2 aromatic rings. The largest absolute Gasteiger partial charge is 0.509 e. The van der Waals surface area contributed by atoms with E-state index in [0.29, 0.717) is 12.3 Å². The number of aliphatic hydroxyl groups excluding tert-OH is 1. The van der Waals surface area contributed by atoms with E-state index in [4.69, 9.17) is 32.8 Å². The molecule has 0 unspecified atom stereocenters. The first kappa shape index (κ1) is 45.4. The van der Waals surface area contributed by atoms with Crippen LogP contribution in [0.1, 0.15) is 80.2 Å². The molecule has 1 aromatic heterocycles. The van der Waals surface area contributed by atoms with Crippen molar-refractivity contribution in [1.29, 1.82) is 0 Å². The van der Waals surface area contributed by atoms with Crippen LogP contribution in [0.25, 0.3) is 17.5 Å². The first-order valence-corrected chi connectivity index (χ1v) is 20.2. The lowest BCUT2D eigenvalue weighted by atomic mass is 9.73. The van der Waals surface area contributed by atoms with Gasteiger partial charge < -0.3 is 48.2 Å². The van der Waals surface area contributed by atoms with Crippen LogP contribution >= 0.6 is 0 Å². The van der Waals surface area contributed by atoms with Gasteiger partial charge >= 0.3 is 18.2 Å². The number of alkyl carbamates (subject to hydrolysis) is 1. The highest BCUT2D eigenvalue weighted by atomic mass is 16.8. The molecular weight excluding hydrogens is 766 g/mol. The molecule has 4 heterocycles. The van der Waals surface area contributed by atoms with E-state index in [1.165, 1.54) is 27.0 Å². The van der Waals surface area contributed by atoms with Crippen LogP contribution in [0, 0.1) is 23.7 Å².